The van der Waals surface area contributed by atoms with Gasteiger partial charge in [0.25, 0.3) is 0 Å². The van der Waals surface area contributed by atoms with Crippen molar-refractivity contribution in [2.24, 2.45) is 0 Å². The molecule has 0 aliphatic rings. The molecule has 114 valence electrons. The Kier molecular flexibility index (Phi) is 9.37. The lowest BCUT2D eigenvalue weighted by molar-refractivity contribution is 0.414. The average Bonchev–Trinajstić information content (AvgIpc) is 2.45. The average molecular weight is 362 g/mol. The van der Waals surface area contributed by atoms with E-state index in [0.717, 1.165) is 16.6 Å². The number of rotatable bonds is 10. The molecule has 1 atom stereocenters. The van der Waals surface area contributed by atoms with Gasteiger partial charge in [-0.1, -0.05) is 73.9 Å². The fourth-order valence-corrected chi connectivity index (χ4v) is 3.44. The molecule has 0 spiro atoms. The van der Waals surface area contributed by atoms with Gasteiger partial charge < -0.3 is 4.74 Å². The van der Waals surface area contributed by atoms with Gasteiger partial charge in [0.2, 0.25) is 0 Å². The summed E-state index contributed by atoms with van der Waals surface area (Å²) in [7, 11) is 1.68. The van der Waals surface area contributed by atoms with Crippen molar-refractivity contribution in [3.05, 3.63) is 28.2 Å². The van der Waals surface area contributed by atoms with E-state index < -0.39 is 0 Å². The maximum atomic E-state index is 6.50. The molecule has 0 amide bonds. The number of methoxy groups -OCH3 is 1. The van der Waals surface area contributed by atoms with Gasteiger partial charge in [-0.15, -0.1) is 11.6 Å². The first-order valence-corrected chi connectivity index (χ1v) is 8.89. The Morgan fingerprint density at radius 3 is 2.35 bits per heavy atom. The molecule has 1 rings (SSSR count). The van der Waals surface area contributed by atoms with Crippen LogP contribution in [0.2, 0.25) is 0 Å². The summed E-state index contributed by atoms with van der Waals surface area (Å²) in [5, 5.41) is 0.0888. The van der Waals surface area contributed by atoms with E-state index in [-0.39, 0.29) is 5.38 Å². The highest BCUT2D eigenvalue weighted by Gasteiger charge is 2.11. The lowest BCUT2D eigenvalue weighted by Gasteiger charge is -2.13. The van der Waals surface area contributed by atoms with Crippen LogP contribution in [-0.4, -0.2) is 7.11 Å². The third-order valence-corrected chi connectivity index (χ3v) is 4.75. The van der Waals surface area contributed by atoms with Gasteiger partial charge in [0.1, 0.15) is 5.75 Å². The molecule has 20 heavy (non-hydrogen) atoms. The van der Waals surface area contributed by atoms with Gasteiger partial charge in [-0.25, -0.2) is 0 Å². The van der Waals surface area contributed by atoms with Crippen molar-refractivity contribution in [1.82, 2.24) is 0 Å². The molecule has 1 aromatic rings. The van der Waals surface area contributed by atoms with E-state index in [1.165, 1.54) is 50.5 Å². The van der Waals surface area contributed by atoms with Crippen molar-refractivity contribution in [1.29, 1.82) is 0 Å². The zero-order chi connectivity index (χ0) is 14.8. The van der Waals surface area contributed by atoms with Gasteiger partial charge in [0, 0.05) is 4.47 Å². The van der Waals surface area contributed by atoms with E-state index in [2.05, 4.69) is 28.9 Å². The molecule has 0 aliphatic carbocycles. The topological polar surface area (TPSA) is 9.23 Å². The first kappa shape index (κ1) is 17.8. The zero-order valence-electron chi connectivity index (χ0n) is 12.6. The summed E-state index contributed by atoms with van der Waals surface area (Å²) in [6, 6.07) is 6.01. The van der Waals surface area contributed by atoms with E-state index in [1.807, 2.05) is 12.1 Å². The molecule has 1 unspecified atom stereocenters. The fraction of sp³-hybridized carbons (Fsp3) is 0.647. The minimum Gasteiger partial charge on any atom is -0.497 e. The summed E-state index contributed by atoms with van der Waals surface area (Å²) < 4.78 is 6.24. The summed E-state index contributed by atoms with van der Waals surface area (Å²) in [5.41, 5.74) is 1.17. The predicted octanol–water partition coefficient (Wildman–Crippen LogP) is 6.88. The molecule has 0 heterocycles. The molecule has 0 aromatic heterocycles. The summed E-state index contributed by atoms with van der Waals surface area (Å²) in [6.07, 6.45) is 10.3. The molecular weight excluding hydrogens is 336 g/mol. The Morgan fingerprint density at radius 1 is 1.10 bits per heavy atom. The Morgan fingerprint density at radius 2 is 1.75 bits per heavy atom. The summed E-state index contributed by atoms with van der Waals surface area (Å²) >= 11 is 10.1. The van der Waals surface area contributed by atoms with Gasteiger partial charge in [0.05, 0.1) is 12.5 Å². The highest BCUT2D eigenvalue weighted by Crippen LogP contribution is 2.34. The van der Waals surface area contributed by atoms with Crippen LogP contribution in [0.5, 0.6) is 5.75 Å². The van der Waals surface area contributed by atoms with Crippen LogP contribution >= 0.6 is 27.5 Å². The van der Waals surface area contributed by atoms with Crippen LogP contribution in [0.3, 0.4) is 0 Å². The predicted molar refractivity (Wildman–Crippen MR) is 91.9 cm³/mol. The monoisotopic (exact) mass is 360 g/mol. The Bertz CT molecular complexity index is 381. The van der Waals surface area contributed by atoms with Crippen molar-refractivity contribution in [2.75, 3.05) is 7.11 Å². The molecule has 0 fully saturated rings. The summed E-state index contributed by atoms with van der Waals surface area (Å²) in [5.74, 6) is 0.861. The van der Waals surface area contributed by atoms with Crippen LogP contribution in [0.1, 0.15) is 69.2 Å². The molecular formula is C17H26BrClO. The molecule has 0 aliphatic heterocycles. The third kappa shape index (κ3) is 6.49. The molecule has 3 heteroatoms. The van der Waals surface area contributed by atoms with Gasteiger partial charge in [-0.2, -0.15) is 0 Å². The molecule has 0 bridgehead atoms. The molecule has 0 saturated carbocycles. The Hall–Kier alpha value is -0.210. The van der Waals surface area contributed by atoms with Crippen LogP contribution in [0.25, 0.3) is 0 Å². The van der Waals surface area contributed by atoms with Gasteiger partial charge in [-0.3, -0.25) is 0 Å². The number of halogens is 2. The minimum atomic E-state index is 0.0888. The number of alkyl halides is 1. The first-order chi connectivity index (χ1) is 9.69. The molecule has 1 aromatic carbocycles. The minimum absolute atomic E-state index is 0.0888. The van der Waals surface area contributed by atoms with Crippen molar-refractivity contribution in [3.8, 4) is 5.75 Å². The van der Waals surface area contributed by atoms with E-state index in [0.29, 0.717) is 0 Å². The Labute approximate surface area is 137 Å². The van der Waals surface area contributed by atoms with E-state index in [1.54, 1.807) is 7.11 Å². The van der Waals surface area contributed by atoms with Crippen LogP contribution < -0.4 is 4.74 Å². The van der Waals surface area contributed by atoms with Gasteiger partial charge in [0.15, 0.2) is 0 Å². The van der Waals surface area contributed by atoms with Crippen molar-refractivity contribution in [2.45, 2.75) is 63.7 Å². The fourth-order valence-electron chi connectivity index (χ4n) is 2.33. The van der Waals surface area contributed by atoms with Gasteiger partial charge >= 0.3 is 0 Å². The second-order valence-corrected chi connectivity index (χ2v) is 6.65. The quantitative estimate of drug-likeness (QED) is 0.326. The number of hydrogen-bond donors (Lipinski definition) is 0. The van der Waals surface area contributed by atoms with E-state index in [4.69, 9.17) is 16.3 Å². The standard InChI is InChI=1S/C17H26BrClO/c1-3-4-5-6-7-8-9-10-17(19)15-12-11-14(20-2)13-16(15)18/h11-13,17H,3-10H2,1-2H3. The smallest absolute Gasteiger partial charge is 0.120 e. The van der Waals surface area contributed by atoms with Crippen molar-refractivity contribution < 1.29 is 4.74 Å². The highest BCUT2D eigenvalue weighted by molar-refractivity contribution is 9.10. The maximum absolute atomic E-state index is 6.50. The molecule has 1 nitrogen and oxygen atoms in total. The van der Waals surface area contributed by atoms with Crippen molar-refractivity contribution >= 4 is 27.5 Å². The number of unbranched alkanes of at least 4 members (excludes halogenated alkanes) is 6. The number of ether oxygens (including phenoxy) is 1. The second-order valence-electron chi connectivity index (χ2n) is 5.26. The molecule has 0 radical (unpaired) electrons. The normalized spacial score (nSPS) is 12.4. The van der Waals surface area contributed by atoms with Crippen LogP contribution in [0, 0.1) is 0 Å². The lowest BCUT2D eigenvalue weighted by atomic mass is 10.0. The number of hydrogen-bond acceptors (Lipinski definition) is 1. The second kappa shape index (κ2) is 10.5. The third-order valence-electron chi connectivity index (χ3n) is 3.61. The van der Waals surface area contributed by atoms with Gasteiger partial charge in [-0.05, 0) is 24.1 Å². The SMILES string of the molecule is CCCCCCCCCC(Cl)c1ccc(OC)cc1Br. The van der Waals surface area contributed by atoms with E-state index in [9.17, 15) is 0 Å². The molecule has 0 saturated heterocycles. The van der Waals surface area contributed by atoms with E-state index >= 15 is 0 Å². The zero-order valence-corrected chi connectivity index (χ0v) is 15.0. The van der Waals surface area contributed by atoms with Crippen LogP contribution in [0.4, 0.5) is 0 Å². The van der Waals surface area contributed by atoms with Crippen molar-refractivity contribution in [3.63, 3.8) is 0 Å². The maximum Gasteiger partial charge on any atom is 0.120 e. The highest BCUT2D eigenvalue weighted by atomic mass is 79.9. The largest absolute Gasteiger partial charge is 0.497 e. The number of benzene rings is 1. The summed E-state index contributed by atoms with van der Waals surface area (Å²) in [6.45, 7) is 2.25. The first-order valence-electron chi connectivity index (χ1n) is 7.66. The molecule has 0 N–H and O–H groups in total. The summed E-state index contributed by atoms with van der Waals surface area (Å²) in [4.78, 5) is 0. The van der Waals surface area contributed by atoms with Crippen LogP contribution in [-0.2, 0) is 0 Å². The van der Waals surface area contributed by atoms with Crippen LogP contribution in [0.15, 0.2) is 22.7 Å². The lowest BCUT2D eigenvalue weighted by Crippen LogP contribution is -1.94. The Balaban J connectivity index is 2.27.